The van der Waals surface area contributed by atoms with Gasteiger partial charge >= 0.3 is 18.1 Å². The van der Waals surface area contributed by atoms with Gasteiger partial charge in [0, 0.05) is 12.3 Å². The molecule has 0 radical (unpaired) electrons. The highest BCUT2D eigenvalue weighted by Gasteiger charge is 2.59. The number of carboxylic acids is 2. The molecule has 13 nitrogen and oxygen atoms in total. The predicted molar refractivity (Wildman–Crippen MR) is 96.6 cm³/mol. The normalized spacial score (nSPS) is 23.8. The molecule has 1 aromatic rings. The number of hydrogen-bond acceptors (Lipinski definition) is 9. The van der Waals surface area contributed by atoms with E-state index in [0.29, 0.717) is 29.4 Å². The molecule has 0 saturated carbocycles. The summed E-state index contributed by atoms with van der Waals surface area (Å²) < 4.78 is 33.0. The Morgan fingerprint density at radius 1 is 1.28 bits per heavy atom. The minimum Gasteiger partial charge on any atom is -0.477 e. The molecule has 2 fully saturated rings. The third-order valence-electron chi connectivity index (χ3n) is 4.94. The molecule has 0 aromatic carbocycles. The molecule has 4 heterocycles. The van der Waals surface area contributed by atoms with Crippen LogP contribution in [0.25, 0.3) is 0 Å². The highest BCUT2D eigenvalue weighted by molar-refractivity contribution is 7.99. The highest BCUT2D eigenvalue weighted by atomic mass is 32.2. The molecule has 32 heavy (non-hydrogen) atoms. The van der Waals surface area contributed by atoms with Crippen molar-refractivity contribution in [3.63, 3.8) is 0 Å². The summed E-state index contributed by atoms with van der Waals surface area (Å²) in [6.07, 6.45) is -4.48. The van der Waals surface area contributed by atoms with Gasteiger partial charge in [-0.15, -0.1) is 5.10 Å². The average molecular weight is 479 g/mol. The van der Waals surface area contributed by atoms with Crippen LogP contribution in [0.2, 0.25) is 0 Å². The van der Waals surface area contributed by atoms with Crippen LogP contribution in [0.15, 0.2) is 16.4 Å². The number of nitrogens with two attached hydrogens (primary N) is 1. The van der Waals surface area contributed by atoms with Crippen molar-refractivity contribution < 1.29 is 42.6 Å². The van der Waals surface area contributed by atoms with Crippen molar-refractivity contribution in [3.05, 3.63) is 11.3 Å². The molecule has 0 aliphatic carbocycles. The second-order valence-corrected chi connectivity index (χ2v) is 7.93. The molecule has 3 aliphatic rings. The lowest BCUT2D eigenvalue weighted by Crippen LogP contribution is -2.68. The van der Waals surface area contributed by atoms with Gasteiger partial charge in [-0.1, -0.05) is 11.8 Å². The number of β-lactam (4-membered cyclic amide) rings is 1. The van der Waals surface area contributed by atoms with E-state index in [9.17, 15) is 32.7 Å². The van der Waals surface area contributed by atoms with Crippen molar-refractivity contribution in [1.29, 1.82) is 0 Å². The van der Waals surface area contributed by atoms with E-state index in [4.69, 9.17) is 15.6 Å². The number of aromatic nitrogens is 4. The zero-order valence-electron chi connectivity index (χ0n) is 15.9. The monoisotopic (exact) mass is 479 g/mol. The average Bonchev–Trinajstić information content (AvgIpc) is 3.29. The van der Waals surface area contributed by atoms with E-state index in [1.165, 1.54) is 21.3 Å². The standard InChI is InChI=1S/C13H15N7O4S.C2HF3O2/c14-7(21)3-19-13(16-17-18-19)25-4-6-1-5-2-15-8-9(5)20(11(8)22)10(6)12(23)24;3-2(4,5)1(6)7/h5,8-9,15H,1-4H2,(H2,14,21)(H,23,24);(H,6,7)/t5-,8+,9-;/m1./s1. The Labute approximate surface area is 180 Å². The molecule has 5 N–H and O–H groups in total. The summed E-state index contributed by atoms with van der Waals surface area (Å²) in [5, 5.41) is 31.3. The first-order valence-corrected chi connectivity index (χ1v) is 9.89. The Kier molecular flexibility index (Phi) is 6.40. The van der Waals surface area contributed by atoms with E-state index < -0.39 is 24.0 Å². The lowest BCUT2D eigenvalue weighted by atomic mass is 9.80. The van der Waals surface area contributed by atoms with Gasteiger partial charge in [0.15, 0.2) is 0 Å². The Bertz CT molecular complexity index is 996. The number of carboxylic acid groups (broad SMARTS) is 2. The highest BCUT2D eigenvalue weighted by Crippen LogP contribution is 2.44. The SMILES string of the molecule is NC(=O)Cn1nnnc1SCC1=C(C(=O)O)N2C(=O)[C@H]3NC[C@@H](C1)[C@H]32.O=C(O)C(F)(F)F. The number of aliphatic carboxylic acids is 2. The number of hydrogen-bond donors (Lipinski definition) is 4. The molecule has 2 amide bonds. The van der Waals surface area contributed by atoms with Gasteiger partial charge in [0.1, 0.15) is 18.3 Å². The zero-order chi connectivity index (χ0) is 23.8. The third-order valence-corrected chi connectivity index (χ3v) is 5.98. The van der Waals surface area contributed by atoms with Crippen LogP contribution in [0.1, 0.15) is 6.42 Å². The summed E-state index contributed by atoms with van der Waals surface area (Å²) in [4.78, 5) is 45.2. The molecular formula is C15H16F3N7O6S. The van der Waals surface area contributed by atoms with Crippen LogP contribution in [0, 0.1) is 5.92 Å². The van der Waals surface area contributed by atoms with Crippen molar-refractivity contribution in [2.75, 3.05) is 12.3 Å². The number of nitrogens with one attached hydrogen (secondary N) is 1. The number of carbonyl (C=O) groups excluding carboxylic acids is 2. The predicted octanol–water partition coefficient (Wildman–Crippen LogP) is -1.57. The van der Waals surface area contributed by atoms with E-state index in [2.05, 4.69) is 20.8 Å². The number of nitrogens with zero attached hydrogens (tertiary/aromatic N) is 5. The smallest absolute Gasteiger partial charge is 0.477 e. The van der Waals surface area contributed by atoms with E-state index in [0.717, 1.165) is 0 Å². The molecule has 0 spiro atoms. The minimum atomic E-state index is -5.08. The number of tetrazole rings is 1. The van der Waals surface area contributed by atoms with Gasteiger partial charge in [-0.2, -0.15) is 13.2 Å². The summed E-state index contributed by atoms with van der Waals surface area (Å²) >= 11 is 1.22. The fourth-order valence-electron chi connectivity index (χ4n) is 3.72. The summed E-state index contributed by atoms with van der Waals surface area (Å²) in [6, 6.07) is -0.316. The van der Waals surface area contributed by atoms with Gasteiger partial charge in [-0.3, -0.25) is 14.5 Å². The Balaban J connectivity index is 0.000000360. The lowest BCUT2D eigenvalue weighted by molar-refractivity contribution is -0.192. The second kappa shape index (κ2) is 8.73. The Morgan fingerprint density at radius 3 is 2.50 bits per heavy atom. The first kappa shape index (κ1) is 23.5. The molecule has 4 rings (SSSR count). The third kappa shape index (κ3) is 4.52. The van der Waals surface area contributed by atoms with Gasteiger partial charge in [0.25, 0.3) is 0 Å². The molecule has 3 aliphatic heterocycles. The van der Waals surface area contributed by atoms with Crippen LogP contribution in [-0.2, 0) is 25.7 Å². The Hall–Kier alpha value is -3.21. The van der Waals surface area contributed by atoms with Gasteiger partial charge in [-0.25, -0.2) is 14.3 Å². The first-order valence-electron chi connectivity index (χ1n) is 8.91. The largest absolute Gasteiger partial charge is 0.490 e. The maximum Gasteiger partial charge on any atom is 0.490 e. The molecule has 0 unspecified atom stereocenters. The van der Waals surface area contributed by atoms with E-state index in [1.54, 1.807) is 0 Å². The molecular weight excluding hydrogens is 463 g/mol. The number of primary amides is 1. The van der Waals surface area contributed by atoms with Gasteiger partial charge in [0.05, 0.1) is 6.04 Å². The fraction of sp³-hybridized carbons (Fsp3) is 0.533. The Morgan fingerprint density at radius 2 is 1.94 bits per heavy atom. The fourth-order valence-corrected chi connectivity index (χ4v) is 4.62. The minimum absolute atomic E-state index is 0.0625. The van der Waals surface area contributed by atoms with Crippen LogP contribution in [0.5, 0.6) is 0 Å². The molecule has 174 valence electrons. The maximum atomic E-state index is 12.2. The number of rotatable bonds is 6. The van der Waals surface area contributed by atoms with Gasteiger partial charge in [0.2, 0.25) is 17.0 Å². The van der Waals surface area contributed by atoms with Gasteiger partial charge in [-0.05, 0) is 28.3 Å². The maximum absolute atomic E-state index is 12.2. The number of halogens is 3. The van der Waals surface area contributed by atoms with E-state index >= 15 is 0 Å². The molecule has 2 saturated heterocycles. The van der Waals surface area contributed by atoms with Crippen molar-refractivity contribution in [3.8, 4) is 0 Å². The molecule has 1 aromatic heterocycles. The van der Waals surface area contributed by atoms with Crippen molar-refractivity contribution in [2.24, 2.45) is 11.7 Å². The summed E-state index contributed by atoms with van der Waals surface area (Å²) in [5.74, 6) is -4.10. The molecule has 0 bridgehead atoms. The number of alkyl halides is 3. The van der Waals surface area contributed by atoms with Crippen LogP contribution in [-0.4, -0.2) is 89.6 Å². The second-order valence-electron chi connectivity index (χ2n) is 6.98. The zero-order valence-corrected chi connectivity index (χ0v) is 16.8. The molecule has 3 atom stereocenters. The first-order chi connectivity index (χ1) is 14.9. The quantitative estimate of drug-likeness (QED) is 0.272. The van der Waals surface area contributed by atoms with Crippen molar-refractivity contribution in [2.45, 2.75) is 36.4 Å². The van der Waals surface area contributed by atoms with Crippen LogP contribution in [0.3, 0.4) is 0 Å². The summed E-state index contributed by atoms with van der Waals surface area (Å²) in [7, 11) is 0. The topological polar surface area (TPSA) is 194 Å². The lowest BCUT2D eigenvalue weighted by Gasteiger charge is -2.48. The molecule has 17 heteroatoms. The summed E-state index contributed by atoms with van der Waals surface area (Å²) in [5.41, 5.74) is 5.88. The number of carbonyl (C=O) groups is 4. The van der Waals surface area contributed by atoms with Crippen LogP contribution < -0.4 is 11.1 Å². The number of thioether (sulfide) groups is 1. The summed E-state index contributed by atoms with van der Waals surface area (Å²) in [6.45, 7) is 0.541. The van der Waals surface area contributed by atoms with E-state index in [1.807, 2.05) is 0 Å². The van der Waals surface area contributed by atoms with Crippen LogP contribution in [0.4, 0.5) is 13.2 Å². The van der Waals surface area contributed by atoms with Crippen LogP contribution >= 0.6 is 11.8 Å². The van der Waals surface area contributed by atoms with E-state index in [-0.39, 0.29) is 36.2 Å². The van der Waals surface area contributed by atoms with Gasteiger partial charge < -0.3 is 21.3 Å². The van der Waals surface area contributed by atoms with Crippen molar-refractivity contribution >= 4 is 35.5 Å². The number of amides is 2. The van der Waals surface area contributed by atoms with Crippen molar-refractivity contribution in [1.82, 2.24) is 30.4 Å².